The van der Waals surface area contributed by atoms with Gasteiger partial charge in [-0.3, -0.25) is 9.59 Å². The van der Waals surface area contributed by atoms with Crippen molar-refractivity contribution in [3.05, 3.63) is 59.7 Å². The third-order valence-corrected chi connectivity index (χ3v) is 5.22. The molecule has 2 N–H and O–H groups in total. The van der Waals surface area contributed by atoms with E-state index in [0.717, 1.165) is 28.5 Å². The van der Waals surface area contributed by atoms with Crippen molar-refractivity contribution in [1.82, 2.24) is 5.32 Å². The van der Waals surface area contributed by atoms with Crippen LogP contribution in [0, 0.1) is 0 Å². The van der Waals surface area contributed by atoms with Crippen molar-refractivity contribution in [3.8, 4) is 11.1 Å². The zero-order chi connectivity index (χ0) is 21.5. The van der Waals surface area contributed by atoms with Crippen LogP contribution in [0.5, 0.6) is 0 Å². The van der Waals surface area contributed by atoms with Crippen LogP contribution in [0.3, 0.4) is 0 Å². The highest BCUT2D eigenvalue weighted by Gasteiger charge is 2.32. The lowest BCUT2D eigenvalue weighted by molar-refractivity contribution is -0.138. The quantitative estimate of drug-likeness (QED) is 0.400. The summed E-state index contributed by atoms with van der Waals surface area (Å²) in [6, 6.07) is 14.6. The lowest BCUT2D eigenvalue weighted by Gasteiger charge is -2.07. The van der Waals surface area contributed by atoms with Crippen molar-refractivity contribution >= 4 is 41.0 Å². The normalized spacial score (nSPS) is 17.3. The molecule has 0 radical (unpaired) electrons. The molecule has 1 aliphatic heterocycles. The van der Waals surface area contributed by atoms with Gasteiger partial charge < -0.3 is 15.2 Å². The second kappa shape index (κ2) is 9.84. The van der Waals surface area contributed by atoms with Crippen LogP contribution in [0.4, 0.5) is 0 Å². The first-order chi connectivity index (χ1) is 14.5. The van der Waals surface area contributed by atoms with Crippen LogP contribution in [0.25, 0.3) is 11.1 Å². The number of nitrogens with one attached hydrogen (secondary N) is 1. The first-order valence-corrected chi connectivity index (χ1v) is 10.0. The van der Waals surface area contributed by atoms with E-state index >= 15 is 0 Å². The molecule has 1 atom stereocenters. The number of carbonyl (C=O) groups excluding carboxylic acids is 2. The van der Waals surface area contributed by atoms with E-state index in [0.29, 0.717) is 12.2 Å². The van der Waals surface area contributed by atoms with Crippen LogP contribution in [-0.2, 0) is 14.3 Å². The fraction of sp³-hybridized carbons (Fsp3) is 0.190. The molecule has 0 aromatic heterocycles. The number of carbonyl (C=O) groups is 3. The molecule has 1 aliphatic rings. The summed E-state index contributed by atoms with van der Waals surface area (Å²) < 4.78 is 5.00. The lowest BCUT2D eigenvalue weighted by Crippen LogP contribution is -2.26. The molecule has 0 bridgehead atoms. The Morgan fingerprint density at radius 2 is 1.93 bits per heavy atom. The molecule has 1 heterocycles. The Hall–Kier alpha value is -3.46. The molecule has 8 nitrogen and oxygen atoms in total. The molecule has 1 unspecified atom stereocenters. The molecule has 2 aromatic rings. The maximum atomic E-state index is 11.8. The van der Waals surface area contributed by atoms with E-state index < -0.39 is 17.1 Å². The molecule has 30 heavy (non-hydrogen) atoms. The Kier molecular flexibility index (Phi) is 6.97. The summed E-state index contributed by atoms with van der Waals surface area (Å²) in [6.45, 7) is 2.07. The summed E-state index contributed by atoms with van der Waals surface area (Å²) in [7, 11) is 0. The van der Waals surface area contributed by atoms with Gasteiger partial charge in [-0.25, -0.2) is 4.79 Å². The summed E-state index contributed by atoms with van der Waals surface area (Å²) in [6.07, 6.45) is 1.28. The Labute approximate surface area is 177 Å². The average Bonchev–Trinajstić information content (AvgIpc) is 3.07. The van der Waals surface area contributed by atoms with Crippen LogP contribution in [-0.4, -0.2) is 46.2 Å². The van der Waals surface area contributed by atoms with Gasteiger partial charge in [-0.05, 0) is 30.2 Å². The number of rotatable bonds is 7. The van der Waals surface area contributed by atoms with E-state index in [1.165, 1.54) is 0 Å². The van der Waals surface area contributed by atoms with Crippen molar-refractivity contribution in [3.63, 3.8) is 0 Å². The summed E-state index contributed by atoms with van der Waals surface area (Å²) in [5.41, 5.74) is 3.05. The van der Waals surface area contributed by atoms with Crippen molar-refractivity contribution in [2.45, 2.75) is 18.6 Å². The predicted molar refractivity (Wildman–Crippen MR) is 115 cm³/mol. The Bertz CT molecular complexity index is 1020. The molecule has 0 aliphatic carbocycles. The van der Waals surface area contributed by atoms with Gasteiger partial charge in [0.05, 0.1) is 24.8 Å². The number of hydrogen-bond donors (Lipinski definition) is 2. The number of ether oxygens (including phenoxy) is 1. The zero-order valence-corrected chi connectivity index (χ0v) is 16.9. The van der Waals surface area contributed by atoms with Crippen molar-refractivity contribution in [2.24, 2.45) is 10.2 Å². The van der Waals surface area contributed by atoms with Gasteiger partial charge in [0.15, 0.2) is 5.17 Å². The Balaban J connectivity index is 1.75. The fourth-order valence-corrected chi connectivity index (χ4v) is 3.68. The molecule has 1 amide bonds. The first-order valence-electron chi connectivity index (χ1n) is 9.15. The average molecular weight is 425 g/mol. The summed E-state index contributed by atoms with van der Waals surface area (Å²) >= 11 is 1.04. The third kappa shape index (κ3) is 5.32. The number of carboxylic acids is 1. The van der Waals surface area contributed by atoms with Gasteiger partial charge in [0.1, 0.15) is 5.25 Å². The van der Waals surface area contributed by atoms with Crippen molar-refractivity contribution < 1.29 is 24.2 Å². The monoisotopic (exact) mass is 425 g/mol. The SMILES string of the molecule is CCOC(=O)c1ccc(-c2ccccc2C=NN=C2NC(=O)C(CC(=O)O)S2)cc1. The number of benzene rings is 2. The zero-order valence-electron chi connectivity index (χ0n) is 16.1. The van der Waals surface area contributed by atoms with Crippen molar-refractivity contribution in [2.75, 3.05) is 6.61 Å². The molecular formula is C21H19N3O5S. The summed E-state index contributed by atoms with van der Waals surface area (Å²) in [4.78, 5) is 34.3. The minimum Gasteiger partial charge on any atom is -0.481 e. The van der Waals surface area contributed by atoms with E-state index in [2.05, 4.69) is 15.5 Å². The number of carboxylic acid groups (broad SMARTS) is 1. The molecule has 1 saturated heterocycles. The van der Waals surface area contributed by atoms with Gasteiger partial charge in [-0.2, -0.15) is 5.10 Å². The molecule has 0 spiro atoms. The van der Waals surface area contributed by atoms with Crippen LogP contribution in [0.1, 0.15) is 29.3 Å². The maximum Gasteiger partial charge on any atom is 0.338 e. The number of aliphatic carboxylic acids is 1. The smallest absolute Gasteiger partial charge is 0.338 e. The highest BCUT2D eigenvalue weighted by molar-refractivity contribution is 8.15. The Morgan fingerprint density at radius 3 is 2.63 bits per heavy atom. The van der Waals surface area contributed by atoms with Gasteiger partial charge in [0.25, 0.3) is 0 Å². The maximum absolute atomic E-state index is 11.8. The largest absolute Gasteiger partial charge is 0.481 e. The second-order valence-corrected chi connectivity index (χ2v) is 7.42. The van der Waals surface area contributed by atoms with Gasteiger partial charge in [0.2, 0.25) is 5.91 Å². The molecular weight excluding hydrogens is 406 g/mol. The molecule has 154 valence electrons. The predicted octanol–water partition coefficient (Wildman–Crippen LogP) is 2.93. The van der Waals surface area contributed by atoms with Crippen LogP contribution < -0.4 is 5.32 Å². The van der Waals surface area contributed by atoms with Crippen LogP contribution in [0.2, 0.25) is 0 Å². The van der Waals surface area contributed by atoms with E-state index in [-0.39, 0.29) is 17.6 Å². The highest BCUT2D eigenvalue weighted by atomic mass is 32.2. The Morgan fingerprint density at radius 1 is 1.20 bits per heavy atom. The van der Waals surface area contributed by atoms with Gasteiger partial charge in [-0.15, -0.1) is 5.10 Å². The van der Waals surface area contributed by atoms with E-state index in [1.54, 1.807) is 25.3 Å². The number of hydrogen-bond acceptors (Lipinski definition) is 7. The number of amides is 1. The van der Waals surface area contributed by atoms with Gasteiger partial charge in [-0.1, -0.05) is 48.2 Å². The summed E-state index contributed by atoms with van der Waals surface area (Å²) in [5, 5.41) is 18.9. The number of amidine groups is 1. The third-order valence-electron chi connectivity index (χ3n) is 4.15. The van der Waals surface area contributed by atoms with Gasteiger partial charge in [0, 0.05) is 5.56 Å². The molecule has 3 rings (SSSR count). The molecule has 1 fully saturated rings. The fourth-order valence-electron chi connectivity index (χ4n) is 2.76. The van der Waals surface area contributed by atoms with Crippen LogP contribution in [0.15, 0.2) is 58.7 Å². The minimum absolute atomic E-state index is 0.263. The van der Waals surface area contributed by atoms with Crippen molar-refractivity contribution in [1.29, 1.82) is 0 Å². The van der Waals surface area contributed by atoms with Gasteiger partial charge >= 0.3 is 11.9 Å². The van der Waals surface area contributed by atoms with E-state index in [4.69, 9.17) is 9.84 Å². The second-order valence-electron chi connectivity index (χ2n) is 6.23. The summed E-state index contributed by atoms with van der Waals surface area (Å²) in [5.74, 6) is -1.80. The number of esters is 1. The molecule has 9 heteroatoms. The highest BCUT2D eigenvalue weighted by Crippen LogP contribution is 2.24. The molecule has 0 saturated carbocycles. The van der Waals surface area contributed by atoms with E-state index in [9.17, 15) is 14.4 Å². The topological polar surface area (TPSA) is 117 Å². The number of nitrogens with zero attached hydrogens (tertiary/aromatic N) is 2. The standard InChI is InChI=1S/C21H19N3O5S/c1-2-29-20(28)14-9-7-13(8-10-14)16-6-4-3-5-15(16)12-22-24-21-23-19(27)17(30-21)11-18(25)26/h3-10,12,17H,2,11H2,1H3,(H,25,26)(H,23,24,27). The van der Waals surface area contributed by atoms with Crippen LogP contribution >= 0.6 is 11.8 Å². The molecule has 2 aromatic carbocycles. The minimum atomic E-state index is -1.05. The van der Waals surface area contributed by atoms with E-state index in [1.807, 2.05) is 36.4 Å². The lowest BCUT2D eigenvalue weighted by atomic mass is 9.99. The number of thioether (sulfide) groups is 1. The first kappa shape index (κ1) is 21.3.